The van der Waals surface area contributed by atoms with Gasteiger partial charge in [0.15, 0.2) is 0 Å². The van der Waals surface area contributed by atoms with Gasteiger partial charge >= 0.3 is 0 Å². The van der Waals surface area contributed by atoms with Crippen LogP contribution in [0, 0.1) is 0 Å². The smallest absolute Gasteiger partial charge is 0.141 e. The Morgan fingerprint density at radius 2 is 1.86 bits per heavy atom. The van der Waals surface area contributed by atoms with Gasteiger partial charge in [-0.25, -0.2) is 9.97 Å². The number of nitrogens with zero attached hydrogens (tertiary/aromatic N) is 2. The highest BCUT2D eigenvalue weighted by atomic mass is 15.0. The highest BCUT2D eigenvalue weighted by Crippen LogP contribution is 2.44. The molecule has 0 saturated heterocycles. The van der Waals surface area contributed by atoms with Gasteiger partial charge in [0.25, 0.3) is 0 Å². The molecule has 21 heavy (non-hydrogen) atoms. The van der Waals surface area contributed by atoms with Crippen molar-refractivity contribution in [3.05, 3.63) is 54.0 Å². The second-order valence-electron chi connectivity index (χ2n) is 5.85. The van der Waals surface area contributed by atoms with Gasteiger partial charge in [-0.05, 0) is 30.9 Å². The summed E-state index contributed by atoms with van der Waals surface area (Å²) < 4.78 is 0. The van der Waals surface area contributed by atoms with E-state index in [1.54, 1.807) is 0 Å². The van der Waals surface area contributed by atoms with E-state index in [0.717, 1.165) is 37.4 Å². The SMILES string of the molecule is CCCNc1ccnc(C2(c3ccccc3)CCCC2)n1. The molecule has 0 radical (unpaired) electrons. The summed E-state index contributed by atoms with van der Waals surface area (Å²) in [5, 5.41) is 3.38. The third-order valence-corrected chi connectivity index (χ3v) is 4.42. The molecule has 1 heterocycles. The summed E-state index contributed by atoms with van der Waals surface area (Å²) in [6.07, 6.45) is 7.80. The van der Waals surface area contributed by atoms with Crippen LogP contribution in [0.1, 0.15) is 50.4 Å². The van der Waals surface area contributed by atoms with E-state index in [4.69, 9.17) is 4.98 Å². The van der Waals surface area contributed by atoms with Crippen LogP contribution < -0.4 is 5.32 Å². The molecule has 1 aromatic carbocycles. The largest absolute Gasteiger partial charge is 0.370 e. The first-order chi connectivity index (χ1) is 10.3. The lowest BCUT2D eigenvalue weighted by atomic mass is 9.78. The van der Waals surface area contributed by atoms with Crippen molar-refractivity contribution in [1.29, 1.82) is 0 Å². The molecule has 1 N–H and O–H groups in total. The van der Waals surface area contributed by atoms with Gasteiger partial charge in [0, 0.05) is 12.7 Å². The predicted octanol–water partition coefficient (Wildman–Crippen LogP) is 4.16. The summed E-state index contributed by atoms with van der Waals surface area (Å²) in [6.45, 7) is 3.12. The molecule has 0 unspecified atom stereocenters. The van der Waals surface area contributed by atoms with Crippen molar-refractivity contribution in [2.45, 2.75) is 44.4 Å². The molecule has 3 nitrogen and oxygen atoms in total. The highest BCUT2D eigenvalue weighted by molar-refractivity contribution is 5.39. The molecule has 2 aromatic rings. The molecule has 3 rings (SSSR count). The zero-order valence-electron chi connectivity index (χ0n) is 12.7. The van der Waals surface area contributed by atoms with Crippen molar-refractivity contribution in [1.82, 2.24) is 9.97 Å². The summed E-state index contributed by atoms with van der Waals surface area (Å²) in [5.41, 5.74) is 1.36. The summed E-state index contributed by atoms with van der Waals surface area (Å²) >= 11 is 0. The summed E-state index contributed by atoms with van der Waals surface area (Å²) in [4.78, 5) is 9.45. The van der Waals surface area contributed by atoms with Crippen molar-refractivity contribution in [3.63, 3.8) is 0 Å². The zero-order chi connectivity index (χ0) is 14.5. The summed E-state index contributed by atoms with van der Waals surface area (Å²) in [5.74, 6) is 1.93. The first-order valence-electron chi connectivity index (χ1n) is 7.98. The standard InChI is InChI=1S/C18H23N3/c1-2-13-19-16-10-14-20-17(21-16)18(11-6-7-12-18)15-8-4-3-5-9-15/h3-5,8-10,14H,2,6-7,11-13H2,1H3,(H,19,20,21). The van der Waals surface area contributed by atoms with Crippen molar-refractivity contribution in [3.8, 4) is 0 Å². The highest BCUT2D eigenvalue weighted by Gasteiger charge is 2.39. The topological polar surface area (TPSA) is 37.8 Å². The van der Waals surface area contributed by atoms with Gasteiger partial charge in [-0.3, -0.25) is 0 Å². The molecule has 1 aromatic heterocycles. The Bertz CT molecular complexity index is 574. The van der Waals surface area contributed by atoms with E-state index in [1.807, 2.05) is 12.3 Å². The van der Waals surface area contributed by atoms with E-state index < -0.39 is 0 Å². The molecule has 0 aliphatic heterocycles. The lowest BCUT2D eigenvalue weighted by Gasteiger charge is -2.28. The van der Waals surface area contributed by atoms with Gasteiger partial charge in [-0.15, -0.1) is 0 Å². The maximum absolute atomic E-state index is 4.82. The molecule has 3 heteroatoms. The average Bonchev–Trinajstić information content (AvgIpc) is 3.05. The Hall–Kier alpha value is -1.90. The van der Waals surface area contributed by atoms with Gasteiger partial charge in [0.2, 0.25) is 0 Å². The lowest BCUT2D eigenvalue weighted by Crippen LogP contribution is -2.27. The monoisotopic (exact) mass is 281 g/mol. The molecule has 1 aliphatic rings. The van der Waals surface area contributed by atoms with Crippen LogP contribution in [0.15, 0.2) is 42.6 Å². The second kappa shape index (κ2) is 6.25. The predicted molar refractivity (Wildman–Crippen MR) is 86.5 cm³/mol. The Kier molecular flexibility index (Phi) is 4.18. The summed E-state index contributed by atoms with van der Waals surface area (Å²) in [7, 11) is 0. The molecule has 0 atom stereocenters. The van der Waals surface area contributed by atoms with Crippen molar-refractivity contribution in [2.75, 3.05) is 11.9 Å². The van der Waals surface area contributed by atoms with E-state index in [1.165, 1.54) is 18.4 Å². The molecular weight excluding hydrogens is 258 g/mol. The number of aromatic nitrogens is 2. The van der Waals surface area contributed by atoms with E-state index in [9.17, 15) is 0 Å². The summed E-state index contributed by atoms with van der Waals surface area (Å²) in [6, 6.07) is 12.7. The minimum Gasteiger partial charge on any atom is -0.370 e. The Labute approximate surface area is 126 Å². The number of rotatable bonds is 5. The molecule has 1 saturated carbocycles. The fraction of sp³-hybridized carbons (Fsp3) is 0.444. The van der Waals surface area contributed by atoms with Crippen LogP contribution in [0.3, 0.4) is 0 Å². The van der Waals surface area contributed by atoms with Gasteiger partial charge in [-0.2, -0.15) is 0 Å². The Morgan fingerprint density at radius 3 is 2.57 bits per heavy atom. The van der Waals surface area contributed by atoms with Gasteiger partial charge in [-0.1, -0.05) is 50.1 Å². The van der Waals surface area contributed by atoms with Crippen LogP contribution in [-0.4, -0.2) is 16.5 Å². The van der Waals surface area contributed by atoms with Gasteiger partial charge < -0.3 is 5.32 Å². The van der Waals surface area contributed by atoms with Crippen LogP contribution in [-0.2, 0) is 5.41 Å². The van der Waals surface area contributed by atoms with Crippen molar-refractivity contribution >= 4 is 5.82 Å². The number of benzene rings is 1. The van der Waals surface area contributed by atoms with Crippen LogP contribution in [0.25, 0.3) is 0 Å². The van der Waals surface area contributed by atoms with Crippen LogP contribution in [0.2, 0.25) is 0 Å². The van der Waals surface area contributed by atoms with Crippen LogP contribution >= 0.6 is 0 Å². The van der Waals surface area contributed by atoms with E-state index >= 15 is 0 Å². The Morgan fingerprint density at radius 1 is 1.10 bits per heavy atom. The molecule has 1 aliphatic carbocycles. The molecule has 0 spiro atoms. The molecule has 1 fully saturated rings. The number of hydrogen-bond acceptors (Lipinski definition) is 3. The van der Waals surface area contributed by atoms with E-state index in [-0.39, 0.29) is 5.41 Å². The molecule has 0 bridgehead atoms. The third-order valence-electron chi connectivity index (χ3n) is 4.42. The maximum Gasteiger partial charge on any atom is 0.141 e. The first kappa shape index (κ1) is 14.1. The van der Waals surface area contributed by atoms with E-state index in [2.05, 4.69) is 47.6 Å². The van der Waals surface area contributed by atoms with E-state index in [0.29, 0.717) is 0 Å². The van der Waals surface area contributed by atoms with Gasteiger partial charge in [0.05, 0.1) is 5.41 Å². The minimum atomic E-state index is 0.00512. The second-order valence-corrected chi connectivity index (χ2v) is 5.85. The minimum absolute atomic E-state index is 0.00512. The fourth-order valence-electron chi connectivity index (χ4n) is 3.32. The average molecular weight is 281 g/mol. The lowest BCUT2D eigenvalue weighted by molar-refractivity contribution is 0.499. The third kappa shape index (κ3) is 2.78. The van der Waals surface area contributed by atoms with Crippen molar-refractivity contribution in [2.24, 2.45) is 0 Å². The maximum atomic E-state index is 4.82. The number of anilines is 1. The van der Waals surface area contributed by atoms with Crippen molar-refractivity contribution < 1.29 is 0 Å². The number of nitrogens with one attached hydrogen (secondary N) is 1. The number of hydrogen-bond donors (Lipinski definition) is 1. The van der Waals surface area contributed by atoms with Gasteiger partial charge in [0.1, 0.15) is 11.6 Å². The quantitative estimate of drug-likeness (QED) is 0.894. The van der Waals surface area contributed by atoms with Crippen LogP contribution in [0.4, 0.5) is 5.82 Å². The zero-order valence-corrected chi connectivity index (χ0v) is 12.7. The normalized spacial score (nSPS) is 16.8. The first-order valence-corrected chi connectivity index (χ1v) is 7.98. The molecule has 110 valence electrons. The Balaban J connectivity index is 1.98. The van der Waals surface area contributed by atoms with Crippen LogP contribution in [0.5, 0.6) is 0 Å². The molecule has 0 amide bonds. The fourth-order valence-corrected chi connectivity index (χ4v) is 3.32. The molecular formula is C18H23N3.